The zero-order valence-corrected chi connectivity index (χ0v) is 15.4. The van der Waals surface area contributed by atoms with Gasteiger partial charge < -0.3 is 10.1 Å². The number of benzene rings is 1. The van der Waals surface area contributed by atoms with Gasteiger partial charge in [-0.1, -0.05) is 20.3 Å². The zero-order chi connectivity index (χ0) is 14.5. The van der Waals surface area contributed by atoms with Crippen LogP contribution in [0.1, 0.15) is 45.1 Å². The van der Waals surface area contributed by atoms with E-state index in [0.29, 0.717) is 5.92 Å². The van der Waals surface area contributed by atoms with Crippen molar-refractivity contribution in [2.45, 2.75) is 52.1 Å². The summed E-state index contributed by atoms with van der Waals surface area (Å²) >= 11 is 7.25. The first-order valence-corrected chi connectivity index (χ1v) is 9.02. The van der Waals surface area contributed by atoms with Gasteiger partial charge >= 0.3 is 0 Å². The highest BCUT2D eigenvalue weighted by atomic mass is 79.9. The Morgan fingerprint density at radius 1 is 1.30 bits per heavy atom. The summed E-state index contributed by atoms with van der Waals surface area (Å²) in [5, 5.41) is 3.53. The maximum atomic E-state index is 5.96. The largest absolute Gasteiger partial charge is 0.491 e. The molecule has 1 unspecified atom stereocenters. The Morgan fingerprint density at radius 3 is 2.50 bits per heavy atom. The molecular formula is C16H23Br2NO. The van der Waals surface area contributed by atoms with Gasteiger partial charge in [0.1, 0.15) is 5.75 Å². The van der Waals surface area contributed by atoms with Crippen molar-refractivity contribution in [3.8, 4) is 5.75 Å². The third-order valence-corrected chi connectivity index (χ3v) is 4.70. The molecule has 2 rings (SSSR count). The van der Waals surface area contributed by atoms with E-state index in [1.54, 1.807) is 0 Å². The van der Waals surface area contributed by atoms with Crippen molar-refractivity contribution in [2.24, 2.45) is 5.92 Å². The highest BCUT2D eigenvalue weighted by Gasteiger charge is 2.20. The lowest BCUT2D eigenvalue weighted by Gasteiger charge is -2.16. The zero-order valence-electron chi connectivity index (χ0n) is 12.2. The molecule has 0 aliphatic heterocycles. The van der Waals surface area contributed by atoms with Crippen LogP contribution in [-0.4, -0.2) is 12.6 Å². The average Bonchev–Trinajstić information content (AvgIpc) is 3.19. The molecule has 20 heavy (non-hydrogen) atoms. The van der Waals surface area contributed by atoms with Gasteiger partial charge in [0.05, 0.1) is 15.6 Å². The number of hydrogen-bond acceptors (Lipinski definition) is 2. The summed E-state index contributed by atoms with van der Waals surface area (Å²) in [5.41, 5.74) is 1.28. The lowest BCUT2D eigenvalue weighted by atomic mass is 10.1. The van der Waals surface area contributed by atoms with Gasteiger partial charge in [-0.2, -0.15) is 0 Å². The van der Waals surface area contributed by atoms with Crippen LogP contribution in [-0.2, 0) is 6.54 Å². The number of rotatable bonds is 8. The van der Waals surface area contributed by atoms with Crippen LogP contribution in [0.15, 0.2) is 21.1 Å². The molecule has 0 bridgehead atoms. The van der Waals surface area contributed by atoms with E-state index in [1.165, 1.54) is 31.2 Å². The molecule has 1 aromatic rings. The molecule has 1 aliphatic rings. The maximum Gasteiger partial charge on any atom is 0.147 e. The normalized spacial score (nSPS) is 16.2. The molecule has 1 aromatic carbocycles. The molecule has 0 amide bonds. The molecule has 4 heteroatoms. The summed E-state index contributed by atoms with van der Waals surface area (Å²) in [6.07, 6.45) is 5.05. The second-order valence-corrected chi connectivity index (χ2v) is 7.46. The highest BCUT2D eigenvalue weighted by molar-refractivity contribution is 9.11. The summed E-state index contributed by atoms with van der Waals surface area (Å²) < 4.78 is 8.02. The van der Waals surface area contributed by atoms with Gasteiger partial charge in [0.2, 0.25) is 0 Å². The molecule has 1 fully saturated rings. The van der Waals surface area contributed by atoms with Crippen molar-refractivity contribution >= 4 is 31.9 Å². The van der Waals surface area contributed by atoms with Gasteiger partial charge in [0.15, 0.2) is 0 Å². The molecule has 112 valence electrons. The monoisotopic (exact) mass is 403 g/mol. The van der Waals surface area contributed by atoms with Crippen LogP contribution in [0.2, 0.25) is 0 Å². The second-order valence-electron chi connectivity index (χ2n) is 5.75. The van der Waals surface area contributed by atoms with Crippen LogP contribution in [0.4, 0.5) is 0 Å². The molecule has 0 spiro atoms. The van der Waals surface area contributed by atoms with Crippen molar-refractivity contribution in [1.82, 2.24) is 5.32 Å². The molecule has 1 saturated carbocycles. The summed E-state index contributed by atoms with van der Waals surface area (Å²) in [6, 6.07) is 5.04. The van der Waals surface area contributed by atoms with Crippen molar-refractivity contribution in [3.05, 3.63) is 26.6 Å². The van der Waals surface area contributed by atoms with Crippen molar-refractivity contribution in [2.75, 3.05) is 6.61 Å². The Kier molecular flexibility index (Phi) is 6.37. The van der Waals surface area contributed by atoms with Crippen molar-refractivity contribution in [1.29, 1.82) is 0 Å². The predicted molar refractivity (Wildman–Crippen MR) is 91.3 cm³/mol. The SMILES string of the molecule is CCCC(C)COc1c(Br)cc(CNC2CC2)cc1Br. The molecular weight excluding hydrogens is 382 g/mol. The molecule has 1 aliphatic carbocycles. The van der Waals surface area contributed by atoms with Gasteiger partial charge in [-0.05, 0) is 74.7 Å². The van der Waals surface area contributed by atoms with Crippen LogP contribution in [0.5, 0.6) is 5.75 Å². The van der Waals surface area contributed by atoms with Crippen LogP contribution >= 0.6 is 31.9 Å². The third-order valence-electron chi connectivity index (χ3n) is 3.52. The molecule has 0 aromatic heterocycles. The Labute approximate surface area is 138 Å². The molecule has 0 heterocycles. The van der Waals surface area contributed by atoms with E-state index in [0.717, 1.165) is 33.9 Å². The van der Waals surface area contributed by atoms with Gasteiger partial charge in [-0.3, -0.25) is 0 Å². The quantitative estimate of drug-likeness (QED) is 0.636. The fourth-order valence-electron chi connectivity index (χ4n) is 2.20. The summed E-state index contributed by atoms with van der Waals surface area (Å²) in [5.74, 6) is 1.51. The van der Waals surface area contributed by atoms with Crippen LogP contribution in [0.3, 0.4) is 0 Å². The predicted octanol–water partition coefficient (Wildman–Crippen LogP) is 5.28. The lowest BCUT2D eigenvalue weighted by molar-refractivity contribution is 0.249. The van der Waals surface area contributed by atoms with Crippen LogP contribution in [0.25, 0.3) is 0 Å². The molecule has 2 nitrogen and oxygen atoms in total. The van der Waals surface area contributed by atoms with E-state index < -0.39 is 0 Å². The third kappa shape index (κ3) is 5.05. The Morgan fingerprint density at radius 2 is 1.95 bits per heavy atom. The first-order chi connectivity index (χ1) is 9.60. The molecule has 0 radical (unpaired) electrons. The summed E-state index contributed by atoms with van der Waals surface area (Å²) in [6.45, 7) is 6.14. The van der Waals surface area contributed by atoms with Crippen LogP contribution in [0, 0.1) is 5.92 Å². The number of hydrogen-bond donors (Lipinski definition) is 1. The Hall–Kier alpha value is -0.0600. The molecule has 0 saturated heterocycles. The van der Waals surface area contributed by atoms with E-state index in [-0.39, 0.29) is 0 Å². The van der Waals surface area contributed by atoms with Gasteiger partial charge in [0, 0.05) is 12.6 Å². The first kappa shape index (κ1) is 16.3. The first-order valence-electron chi connectivity index (χ1n) is 7.44. The second kappa shape index (κ2) is 7.81. The minimum atomic E-state index is 0.593. The topological polar surface area (TPSA) is 21.3 Å². The fourth-order valence-corrected chi connectivity index (χ4v) is 3.71. The van der Waals surface area contributed by atoms with Crippen molar-refractivity contribution < 1.29 is 4.74 Å². The molecule has 1 N–H and O–H groups in total. The van der Waals surface area contributed by atoms with E-state index >= 15 is 0 Å². The van der Waals surface area contributed by atoms with E-state index in [9.17, 15) is 0 Å². The number of nitrogens with one attached hydrogen (secondary N) is 1. The van der Waals surface area contributed by atoms with Crippen molar-refractivity contribution in [3.63, 3.8) is 0 Å². The highest BCUT2D eigenvalue weighted by Crippen LogP contribution is 2.35. The Balaban J connectivity index is 1.94. The number of ether oxygens (including phenoxy) is 1. The van der Waals surface area contributed by atoms with Gasteiger partial charge in [-0.25, -0.2) is 0 Å². The number of halogens is 2. The minimum absolute atomic E-state index is 0.593. The smallest absolute Gasteiger partial charge is 0.147 e. The fraction of sp³-hybridized carbons (Fsp3) is 0.625. The van der Waals surface area contributed by atoms with Gasteiger partial charge in [0.25, 0.3) is 0 Å². The van der Waals surface area contributed by atoms with Gasteiger partial charge in [-0.15, -0.1) is 0 Å². The standard InChI is InChI=1S/C16H23Br2NO/c1-3-4-11(2)10-20-16-14(17)7-12(8-15(16)18)9-19-13-5-6-13/h7-8,11,13,19H,3-6,9-10H2,1-2H3. The average molecular weight is 405 g/mol. The lowest BCUT2D eigenvalue weighted by Crippen LogP contribution is -2.15. The molecule has 1 atom stereocenters. The van der Waals surface area contributed by atoms with Crippen LogP contribution < -0.4 is 10.1 Å². The Bertz CT molecular complexity index is 423. The van der Waals surface area contributed by atoms with E-state index in [2.05, 4.69) is 63.2 Å². The summed E-state index contributed by atoms with van der Waals surface area (Å²) in [7, 11) is 0. The minimum Gasteiger partial charge on any atom is -0.491 e. The maximum absolute atomic E-state index is 5.96. The van der Waals surface area contributed by atoms with E-state index in [1.807, 2.05) is 0 Å². The van der Waals surface area contributed by atoms with E-state index in [4.69, 9.17) is 4.74 Å². The summed E-state index contributed by atoms with van der Waals surface area (Å²) in [4.78, 5) is 0.